The summed E-state index contributed by atoms with van der Waals surface area (Å²) in [6, 6.07) is 13.3. The Kier molecular flexibility index (Phi) is 6.18. The number of aromatic hydroxyl groups is 1. The van der Waals surface area contributed by atoms with E-state index in [1.807, 2.05) is 0 Å². The zero-order valence-electron chi connectivity index (χ0n) is 15.9. The number of amides is 2. The topological polar surface area (TPSA) is 118 Å². The summed E-state index contributed by atoms with van der Waals surface area (Å²) in [5, 5.41) is 16.8. The molecule has 0 aliphatic carbocycles. The molecule has 2 amide bonds. The third kappa shape index (κ3) is 4.57. The first-order chi connectivity index (χ1) is 13.9. The number of hydrogen-bond donors (Lipinski definition) is 2. The molecule has 8 nitrogen and oxygen atoms in total. The van der Waals surface area contributed by atoms with E-state index in [4.69, 9.17) is 10.5 Å². The number of rotatable bonds is 5. The summed E-state index contributed by atoms with van der Waals surface area (Å²) in [7, 11) is 1.48. The first-order valence-electron chi connectivity index (χ1n) is 8.74. The monoisotopic (exact) mass is 412 g/mol. The lowest BCUT2D eigenvalue weighted by Gasteiger charge is -2.17. The van der Waals surface area contributed by atoms with Gasteiger partial charge in [0.15, 0.2) is 5.17 Å². The lowest BCUT2D eigenvalue weighted by Crippen LogP contribution is -2.32. The molecule has 1 saturated heterocycles. The molecule has 0 saturated carbocycles. The lowest BCUT2D eigenvalue weighted by molar-refractivity contribution is -0.121. The summed E-state index contributed by atoms with van der Waals surface area (Å²) in [5.74, 6) is -0.102. The Morgan fingerprint density at radius 2 is 1.86 bits per heavy atom. The molecule has 1 aliphatic rings. The Bertz CT molecular complexity index is 988. The average Bonchev–Trinajstić information content (AvgIpc) is 2.99. The van der Waals surface area contributed by atoms with Crippen LogP contribution in [-0.4, -0.2) is 40.2 Å². The quantitative estimate of drug-likeness (QED) is 0.337. The number of nitrogens with two attached hydrogens (primary N) is 1. The fourth-order valence-electron chi connectivity index (χ4n) is 2.82. The molecule has 1 fully saturated rings. The molecule has 2 aromatic carbocycles. The van der Waals surface area contributed by atoms with E-state index in [-0.39, 0.29) is 29.2 Å². The van der Waals surface area contributed by atoms with Gasteiger partial charge in [-0.1, -0.05) is 23.9 Å². The lowest BCUT2D eigenvalue weighted by atomic mass is 10.1. The third-order valence-electron chi connectivity index (χ3n) is 4.28. The van der Waals surface area contributed by atoms with Crippen LogP contribution < -0.4 is 15.4 Å². The van der Waals surface area contributed by atoms with Gasteiger partial charge >= 0.3 is 0 Å². The van der Waals surface area contributed by atoms with Gasteiger partial charge in [0.1, 0.15) is 16.7 Å². The van der Waals surface area contributed by atoms with Crippen LogP contribution in [0.4, 0.5) is 5.69 Å². The maximum absolute atomic E-state index is 12.8. The zero-order valence-corrected chi connectivity index (χ0v) is 16.7. The Morgan fingerprint density at radius 1 is 1.17 bits per heavy atom. The van der Waals surface area contributed by atoms with Gasteiger partial charge in [-0.15, -0.1) is 5.10 Å². The largest absolute Gasteiger partial charge is 0.508 e. The smallest absolute Gasteiger partial charge is 0.248 e. The summed E-state index contributed by atoms with van der Waals surface area (Å²) < 4.78 is 5.25. The molecule has 3 rings (SSSR count). The first-order valence-corrected chi connectivity index (χ1v) is 9.62. The highest BCUT2D eigenvalue weighted by atomic mass is 32.2. The number of hydrogen-bond acceptors (Lipinski definition) is 7. The Morgan fingerprint density at radius 3 is 2.55 bits per heavy atom. The maximum atomic E-state index is 12.8. The van der Waals surface area contributed by atoms with Gasteiger partial charge in [0, 0.05) is 6.42 Å². The molecule has 0 spiro atoms. The van der Waals surface area contributed by atoms with Gasteiger partial charge in [-0.05, 0) is 48.9 Å². The summed E-state index contributed by atoms with van der Waals surface area (Å²) in [5.41, 5.74) is 7.69. The summed E-state index contributed by atoms with van der Waals surface area (Å²) >= 11 is 0.998. The molecule has 1 aliphatic heterocycles. The standard InChI is InChI=1S/C20H20N4O4S/c1-12(13-7-9-14(25)10-8-13)22-23-20(21)29-17-11-18(26)24(19(17)27)15-5-3-4-6-16(15)28-2/h3-10,17,25H,11H2,1-2H3,(H2,21,23)/b22-12-. The van der Waals surface area contributed by atoms with Crippen molar-refractivity contribution in [2.75, 3.05) is 12.0 Å². The van der Waals surface area contributed by atoms with Gasteiger partial charge in [-0.2, -0.15) is 5.10 Å². The average molecular weight is 412 g/mol. The van der Waals surface area contributed by atoms with E-state index < -0.39 is 5.25 Å². The minimum atomic E-state index is -0.680. The van der Waals surface area contributed by atoms with E-state index in [1.54, 1.807) is 55.5 Å². The van der Waals surface area contributed by atoms with Crippen molar-refractivity contribution < 1.29 is 19.4 Å². The van der Waals surface area contributed by atoms with Gasteiger partial charge in [0.2, 0.25) is 11.8 Å². The summed E-state index contributed by atoms with van der Waals surface area (Å²) in [4.78, 5) is 26.3. The van der Waals surface area contributed by atoms with Gasteiger partial charge in [0.25, 0.3) is 0 Å². The van der Waals surface area contributed by atoms with Crippen molar-refractivity contribution in [3.8, 4) is 11.5 Å². The number of phenols is 1. The summed E-state index contributed by atoms with van der Waals surface area (Å²) in [6.45, 7) is 1.75. The van der Waals surface area contributed by atoms with Crippen LogP contribution in [0.25, 0.3) is 0 Å². The van der Waals surface area contributed by atoms with Crippen molar-refractivity contribution in [3.63, 3.8) is 0 Å². The fraction of sp³-hybridized carbons (Fsp3) is 0.200. The van der Waals surface area contributed by atoms with E-state index in [1.165, 1.54) is 7.11 Å². The highest BCUT2D eigenvalue weighted by Gasteiger charge is 2.41. The number of anilines is 1. The molecule has 150 valence electrons. The van der Waals surface area contributed by atoms with Gasteiger partial charge in [-0.3, -0.25) is 9.59 Å². The number of thioether (sulfide) groups is 1. The predicted octanol–water partition coefficient (Wildman–Crippen LogP) is 2.50. The van der Waals surface area contributed by atoms with Crippen LogP contribution in [0, 0.1) is 0 Å². The van der Waals surface area contributed by atoms with Crippen molar-refractivity contribution >= 4 is 40.1 Å². The number of methoxy groups -OCH3 is 1. The second kappa shape index (κ2) is 8.78. The van der Waals surface area contributed by atoms with Crippen LogP contribution in [0.15, 0.2) is 58.7 Å². The van der Waals surface area contributed by atoms with Gasteiger partial charge in [0.05, 0.1) is 18.5 Å². The molecule has 3 N–H and O–H groups in total. The van der Waals surface area contributed by atoms with Crippen molar-refractivity contribution in [3.05, 3.63) is 54.1 Å². The second-order valence-electron chi connectivity index (χ2n) is 6.22. The summed E-state index contributed by atoms with van der Waals surface area (Å²) in [6.07, 6.45) is 0.0123. The molecule has 1 heterocycles. The number of carbonyl (C=O) groups excluding carboxylic acids is 2. The Balaban J connectivity index is 1.72. The predicted molar refractivity (Wildman–Crippen MR) is 113 cm³/mol. The zero-order chi connectivity index (χ0) is 21.0. The normalized spacial score (nSPS) is 17.7. The number of para-hydroxylation sites is 2. The Hall–Kier alpha value is -3.33. The number of imide groups is 1. The number of nitrogens with zero attached hydrogens (tertiary/aromatic N) is 3. The first kappa shape index (κ1) is 20.4. The number of carbonyl (C=O) groups is 2. The van der Waals surface area contributed by atoms with Crippen LogP contribution >= 0.6 is 11.8 Å². The molecule has 9 heteroatoms. The molecule has 0 aromatic heterocycles. The number of amidine groups is 1. The van der Waals surface area contributed by atoms with Crippen LogP contribution in [0.3, 0.4) is 0 Å². The second-order valence-corrected chi connectivity index (χ2v) is 7.44. The molecular formula is C20H20N4O4S. The molecule has 0 radical (unpaired) electrons. The van der Waals surface area contributed by atoms with E-state index in [2.05, 4.69) is 10.2 Å². The van der Waals surface area contributed by atoms with Crippen molar-refractivity contribution in [1.82, 2.24) is 0 Å². The van der Waals surface area contributed by atoms with E-state index in [0.29, 0.717) is 17.1 Å². The van der Waals surface area contributed by atoms with Crippen LogP contribution in [0.2, 0.25) is 0 Å². The SMILES string of the molecule is COc1ccccc1N1C(=O)CC(SC(N)=N/N=C(/C)c2ccc(O)cc2)C1=O. The molecule has 0 bridgehead atoms. The van der Waals surface area contributed by atoms with Gasteiger partial charge in [-0.25, -0.2) is 4.90 Å². The number of ether oxygens (including phenoxy) is 1. The highest BCUT2D eigenvalue weighted by Crippen LogP contribution is 2.35. The van der Waals surface area contributed by atoms with E-state index in [9.17, 15) is 14.7 Å². The molecule has 29 heavy (non-hydrogen) atoms. The fourth-order valence-corrected chi connectivity index (χ4v) is 3.63. The maximum Gasteiger partial charge on any atom is 0.248 e. The van der Waals surface area contributed by atoms with Crippen LogP contribution in [0.1, 0.15) is 18.9 Å². The Labute approximate surface area is 172 Å². The molecule has 1 atom stereocenters. The third-order valence-corrected chi connectivity index (χ3v) is 5.25. The van der Waals surface area contributed by atoms with Crippen molar-refractivity contribution in [2.24, 2.45) is 15.9 Å². The van der Waals surface area contributed by atoms with Gasteiger partial charge < -0.3 is 15.6 Å². The number of phenolic OH excluding ortho intramolecular Hbond substituents is 1. The van der Waals surface area contributed by atoms with Crippen LogP contribution in [0.5, 0.6) is 11.5 Å². The minimum Gasteiger partial charge on any atom is -0.508 e. The van der Waals surface area contributed by atoms with Crippen molar-refractivity contribution in [2.45, 2.75) is 18.6 Å². The minimum absolute atomic E-state index is 0.0123. The van der Waals surface area contributed by atoms with E-state index in [0.717, 1.165) is 22.2 Å². The van der Waals surface area contributed by atoms with Crippen LogP contribution in [-0.2, 0) is 9.59 Å². The molecular weight excluding hydrogens is 392 g/mol. The highest BCUT2D eigenvalue weighted by molar-refractivity contribution is 8.14. The van der Waals surface area contributed by atoms with E-state index >= 15 is 0 Å². The van der Waals surface area contributed by atoms with Crippen molar-refractivity contribution in [1.29, 1.82) is 0 Å². The number of benzene rings is 2. The molecule has 2 aromatic rings. The molecule has 1 unspecified atom stereocenters.